The quantitative estimate of drug-likeness (QED) is 0.0496. The normalized spacial score (nSPS) is 21.3. The number of aryl methyl sites for hydroxylation is 1. The Bertz CT molecular complexity index is 2460. The van der Waals surface area contributed by atoms with Gasteiger partial charge >= 0.3 is 0 Å². The number of rotatable bonds is 12. The number of carbonyl (C=O) groups is 2. The first-order valence-electron chi connectivity index (χ1n) is 20.9. The van der Waals surface area contributed by atoms with Gasteiger partial charge < -0.3 is 30.9 Å². The van der Waals surface area contributed by atoms with Crippen LogP contribution < -0.4 is 36.6 Å². The minimum absolute atomic E-state index is 0.207. The number of halogens is 1. The summed E-state index contributed by atoms with van der Waals surface area (Å²) < 4.78 is 3.78. The van der Waals surface area contributed by atoms with Crippen molar-refractivity contribution in [3.63, 3.8) is 0 Å². The lowest BCUT2D eigenvalue weighted by Gasteiger charge is -2.39. The second-order valence-electron chi connectivity index (χ2n) is 16.3. The van der Waals surface area contributed by atoms with E-state index in [2.05, 4.69) is 89.5 Å². The summed E-state index contributed by atoms with van der Waals surface area (Å²) in [5, 5.41) is 24.6. The van der Waals surface area contributed by atoms with E-state index in [1.54, 1.807) is 21.6 Å². The fraction of sp³-hybridized carbons (Fsp3) is 0.409. The number of nitrogens with one attached hydrogen (secondary N) is 4. The maximum absolute atomic E-state index is 13.5. The first kappa shape index (κ1) is 40.1. The Morgan fingerprint density at radius 3 is 2.12 bits per heavy atom. The Balaban J connectivity index is 0.780. The topological polar surface area (TPSA) is 175 Å². The molecule has 16 heteroatoms. The van der Waals surface area contributed by atoms with Gasteiger partial charge in [0.15, 0.2) is 11.5 Å². The first-order chi connectivity index (χ1) is 29.2. The van der Waals surface area contributed by atoms with Crippen molar-refractivity contribution in [1.82, 2.24) is 34.9 Å². The number of piperidine rings is 3. The third-order valence-electron chi connectivity index (χ3n) is 12.4. The van der Waals surface area contributed by atoms with Crippen LogP contribution in [0.4, 0.5) is 28.7 Å². The van der Waals surface area contributed by atoms with Crippen LogP contribution in [0.15, 0.2) is 84.3 Å². The van der Waals surface area contributed by atoms with Crippen LogP contribution in [0.2, 0.25) is 0 Å². The highest BCUT2D eigenvalue weighted by atomic mass is 127. The average Bonchev–Trinajstić information content (AvgIpc) is 3.75. The molecule has 60 heavy (non-hydrogen) atoms. The van der Waals surface area contributed by atoms with Crippen molar-refractivity contribution in [2.75, 3.05) is 51.0 Å². The molecule has 0 saturated carbocycles. The summed E-state index contributed by atoms with van der Waals surface area (Å²) in [6.07, 6.45) is 9.82. The number of fused-ring (bicyclic) bond motifs is 2. The molecule has 3 saturated heterocycles. The predicted octanol–water partition coefficient (Wildman–Crippen LogP) is 4.92. The van der Waals surface area contributed by atoms with Crippen LogP contribution in [0.5, 0.6) is 0 Å². The molecule has 0 spiro atoms. The summed E-state index contributed by atoms with van der Waals surface area (Å²) in [5.74, 6) is 0.403. The van der Waals surface area contributed by atoms with Gasteiger partial charge in [0.2, 0.25) is 17.8 Å². The van der Waals surface area contributed by atoms with Gasteiger partial charge in [-0.05, 0) is 105 Å². The van der Waals surface area contributed by atoms with Crippen molar-refractivity contribution in [1.29, 1.82) is 0 Å². The molecule has 3 aliphatic heterocycles. The molecule has 3 aromatic heterocycles. The van der Waals surface area contributed by atoms with Gasteiger partial charge in [-0.15, -0.1) is 6.58 Å². The lowest BCUT2D eigenvalue weighted by Crippen LogP contribution is -2.50. The molecule has 0 bridgehead atoms. The third-order valence-corrected chi connectivity index (χ3v) is 13.7. The standard InChI is InChI=1S/C44H50IN11O4/c1-2-21-55-42(59)35-26-46-43(52-40(35)56(55)37-13-3-28-15-20-44(60,27-45)39(28)50-37)49-30-6-10-34(11-7-30)54-24-18-32(19-25-54)47-31-16-22-53(23-17-31)33-8-4-29(5-9-33)48-36-12-14-38(57)51-41(36)58/h2-11,13,26,31-32,36,47-48,60H,1,12,14-25,27H2,(H,46,49,52)(H,51,57,58)/t36?,44-/m0/s1. The van der Waals surface area contributed by atoms with E-state index in [4.69, 9.17) is 9.97 Å². The molecule has 312 valence electrons. The van der Waals surface area contributed by atoms with E-state index in [9.17, 15) is 19.5 Å². The highest BCUT2D eigenvalue weighted by molar-refractivity contribution is 14.1. The van der Waals surface area contributed by atoms with Gasteiger partial charge in [0.1, 0.15) is 17.0 Å². The van der Waals surface area contributed by atoms with E-state index in [-0.39, 0.29) is 30.0 Å². The van der Waals surface area contributed by atoms with Gasteiger partial charge in [-0.25, -0.2) is 19.3 Å². The van der Waals surface area contributed by atoms with Crippen molar-refractivity contribution in [3.8, 4) is 5.82 Å². The number of carbonyl (C=O) groups excluding carboxylic acids is 2. The first-order valence-corrected chi connectivity index (χ1v) is 22.4. The molecule has 3 fully saturated rings. The van der Waals surface area contributed by atoms with Gasteiger partial charge in [-0.1, -0.05) is 34.7 Å². The maximum atomic E-state index is 13.5. The van der Waals surface area contributed by atoms with E-state index in [1.165, 1.54) is 11.4 Å². The number of hydrogen-bond acceptors (Lipinski definition) is 12. The fourth-order valence-electron chi connectivity index (χ4n) is 9.03. The van der Waals surface area contributed by atoms with Gasteiger partial charge in [0.05, 0.1) is 12.2 Å². The van der Waals surface area contributed by atoms with Crippen LogP contribution in [0.25, 0.3) is 16.9 Å². The van der Waals surface area contributed by atoms with Crippen LogP contribution in [-0.4, -0.2) is 90.0 Å². The SMILES string of the molecule is C=CCn1c(=O)c2cnc(Nc3ccc(N4CCC(NC5CCN(c6ccc(NC7CCC(=O)NC7=O)cc6)CC5)CC4)cc3)nc2n1-c1ccc2c(n1)[C@@](O)(CI)CC2. The lowest BCUT2D eigenvalue weighted by atomic mass is 9.99. The van der Waals surface area contributed by atoms with Crippen molar-refractivity contribution >= 4 is 74.1 Å². The van der Waals surface area contributed by atoms with Crippen LogP contribution >= 0.6 is 22.6 Å². The molecule has 5 N–H and O–H groups in total. The van der Waals surface area contributed by atoms with Gasteiger partial charge in [-0.2, -0.15) is 4.98 Å². The summed E-state index contributed by atoms with van der Waals surface area (Å²) in [7, 11) is 0. The number of benzene rings is 2. The molecule has 2 amide bonds. The Labute approximate surface area is 361 Å². The molecule has 2 aromatic carbocycles. The molecule has 6 heterocycles. The van der Waals surface area contributed by atoms with Gasteiger partial charge in [-0.3, -0.25) is 19.7 Å². The molecule has 1 aliphatic carbocycles. The molecular formula is C44H50IN11O4. The number of amides is 2. The van der Waals surface area contributed by atoms with E-state index in [1.807, 2.05) is 36.4 Å². The summed E-state index contributed by atoms with van der Waals surface area (Å²) in [6.45, 7) is 8.06. The minimum atomic E-state index is -1.00. The van der Waals surface area contributed by atoms with E-state index in [0.29, 0.717) is 64.3 Å². The van der Waals surface area contributed by atoms with Crippen molar-refractivity contribution in [2.24, 2.45) is 0 Å². The van der Waals surface area contributed by atoms with Crippen LogP contribution in [-0.2, 0) is 28.2 Å². The van der Waals surface area contributed by atoms with E-state index < -0.39 is 5.60 Å². The number of nitrogens with zero attached hydrogens (tertiary/aromatic N) is 7. The zero-order valence-corrected chi connectivity index (χ0v) is 35.6. The maximum Gasteiger partial charge on any atom is 0.278 e. The van der Waals surface area contributed by atoms with Crippen LogP contribution in [0.3, 0.4) is 0 Å². The molecule has 9 rings (SSSR count). The largest absolute Gasteiger partial charge is 0.383 e. The van der Waals surface area contributed by atoms with Crippen LogP contribution in [0.1, 0.15) is 56.2 Å². The van der Waals surface area contributed by atoms with Crippen molar-refractivity contribution in [3.05, 3.63) is 101 Å². The summed E-state index contributed by atoms with van der Waals surface area (Å²) in [6, 6.07) is 21.0. The highest BCUT2D eigenvalue weighted by Gasteiger charge is 2.38. The minimum Gasteiger partial charge on any atom is -0.383 e. The summed E-state index contributed by atoms with van der Waals surface area (Å²) >= 11 is 2.20. The number of anilines is 5. The smallest absolute Gasteiger partial charge is 0.278 e. The second kappa shape index (κ2) is 17.0. The molecular weight excluding hydrogens is 873 g/mol. The Hall–Kier alpha value is -5.33. The number of aromatic nitrogens is 5. The average molecular weight is 924 g/mol. The summed E-state index contributed by atoms with van der Waals surface area (Å²) in [4.78, 5) is 56.2. The predicted molar refractivity (Wildman–Crippen MR) is 242 cm³/mol. The zero-order valence-electron chi connectivity index (χ0n) is 33.4. The lowest BCUT2D eigenvalue weighted by molar-refractivity contribution is -0.133. The Morgan fingerprint density at radius 1 is 0.850 bits per heavy atom. The molecule has 5 aromatic rings. The Morgan fingerprint density at radius 2 is 1.50 bits per heavy atom. The van der Waals surface area contributed by atoms with E-state index >= 15 is 0 Å². The monoisotopic (exact) mass is 923 g/mol. The van der Waals surface area contributed by atoms with Crippen molar-refractivity contribution in [2.45, 2.75) is 81.6 Å². The molecule has 0 radical (unpaired) electrons. The van der Waals surface area contributed by atoms with Crippen molar-refractivity contribution < 1.29 is 14.7 Å². The third kappa shape index (κ3) is 8.11. The number of alkyl halides is 1. The molecule has 2 atom stereocenters. The number of hydrogen-bond donors (Lipinski definition) is 5. The summed E-state index contributed by atoms with van der Waals surface area (Å²) in [5.41, 5.74) is 4.94. The molecule has 1 unspecified atom stereocenters. The van der Waals surface area contributed by atoms with Gasteiger partial charge in [0.25, 0.3) is 5.56 Å². The van der Waals surface area contributed by atoms with Gasteiger partial charge in [0, 0.05) is 78.1 Å². The Kier molecular flexibility index (Phi) is 11.3. The van der Waals surface area contributed by atoms with E-state index in [0.717, 1.165) is 75.2 Å². The molecule has 4 aliphatic rings. The second-order valence-corrected chi connectivity index (χ2v) is 17.1. The number of aliphatic hydroxyl groups is 1. The number of imide groups is 1. The highest BCUT2D eigenvalue weighted by Crippen LogP contribution is 2.38. The zero-order chi connectivity index (χ0) is 41.4. The number of allylic oxidation sites excluding steroid dienone is 1. The fourth-order valence-corrected chi connectivity index (χ4v) is 9.77. The number of pyridine rings is 1. The molecule has 15 nitrogen and oxygen atoms in total. The van der Waals surface area contributed by atoms with Crippen LogP contribution in [0, 0.1) is 0 Å².